The predicted octanol–water partition coefficient (Wildman–Crippen LogP) is 3.43. The molecule has 0 saturated carbocycles. The van der Waals surface area contributed by atoms with Crippen molar-refractivity contribution in [3.8, 4) is 5.75 Å². The minimum absolute atomic E-state index is 0.194. The Kier molecular flexibility index (Phi) is 4.24. The molecule has 2 rings (SSSR count). The lowest BCUT2D eigenvalue weighted by molar-refractivity contribution is 0.102. The van der Waals surface area contributed by atoms with Gasteiger partial charge in [-0.1, -0.05) is 15.9 Å². The van der Waals surface area contributed by atoms with Gasteiger partial charge in [0.25, 0.3) is 5.91 Å². The third kappa shape index (κ3) is 3.27. The van der Waals surface area contributed by atoms with Crippen molar-refractivity contribution in [3.05, 3.63) is 52.3 Å². The second kappa shape index (κ2) is 5.92. The number of carbonyl (C=O) groups is 1. The number of carbonyl (C=O) groups excluding carboxylic acids is 1. The van der Waals surface area contributed by atoms with Crippen molar-refractivity contribution >= 4 is 33.2 Å². The molecule has 0 fully saturated rings. The van der Waals surface area contributed by atoms with Gasteiger partial charge in [-0.25, -0.2) is 4.39 Å². The summed E-state index contributed by atoms with van der Waals surface area (Å²) in [6, 6.07) is 8.85. The third-order valence-corrected chi connectivity index (χ3v) is 3.09. The second-order valence-corrected chi connectivity index (χ2v) is 4.98. The number of hydrogen-bond acceptors (Lipinski definition) is 3. The Bertz CT molecular complexity index is 641. The lowest BCUT2D eigenvalue weighted by Crippen LogP contribution is -2.13. The van der Waals surface area contributed by atoms with Crippen LogP contribution in [0, 0.1) is 5.82 Å². The number of nitrogen functional groups attached to an aromatic ring is 1. The van der Waals surface area contributed by atoms with Crippen LogP contribution in [-0.2, 0) is 0 Å². The molecule has 104 valence electrons. The first kappa shape index (κ1) is 14.3. The fourth-order valence-corrected chi connectivity index (χ4v) is 2.12. The van der Waals surface area contributed by atoms with Gasteiger partial charge in [0.05, 0.1) is 18.5 Å². The van der Waals surface area contributed by atoms with Gasteiger partial charge in [0.1, 0.15) is 11.6 Å². The van der Waals surface area contributed by atoms with Crippen LogP contribution in [0.1, 0.15) is 10.4 Å². The van der Waals surface area contributed by atoms with E-state index in [9.17, 15) is 9.18 Å². The number of ether oxygens (including phenoxy) is 1. The number of halogens is 2. The zero-order valence-corrected chi connectivity index (χ0v) is 12.2. The number of hydrogen-bond donors (Lipinski definition) is 2. The average Bonchev–Trinajstić information content (AvgIpc) is 2.40. The van der Waals surface area contributed by atoms with Crippen molar-refractivity contribution in [1.29, 1.82) is 0 Å². The van der Waals surface area contributed by atoms with Gasteiger partial charge in [-0.3, -0.25) is 4.79 Å². The molecule has 6 heteroatoms. The highest BCUT2D eigenvalue weighted by Crippen LogP contribution is 2.25. The van der Waals surface area contributed by atoms with Gasteiger partial charge in [0.2, 0.25) is 0 Å². The lowest BCUT2D eigenvalue weighted by Gasteiger charge is -2.10. The van der Waals surface area contributed by atoms with E-state index >= 15 is 0 Å². The molecule has 4 nitrogen and oxygen atoms in total. The number of amides is 1. The van der Waals surface area contributed by atoms with Crippen LogP contribution in [0.15, 0.2) is 40.9 Å². The molecule has 2 aromatic rings. The molecule has 0 saturated heterocycles. The molecule has 0 radical (unpaired) electrons. The van der Waals surface area contributed by atoms with Crippen LogP contribution < -0.4 is 15.8 Å². The predicted molar refractivity (Wildman–Crippen MR) is 79.5 cm³/mol. The molecule has 0 aromatic heterocycles. The van der Waals surface area contributed by atoms with E-state index in [1.807, 2.05) is 0 Å². The summed E-state index contributed by atoms with van der Waals surface area (Å²) in [7, 11) is 1.51. The van der Waals surface area contributed by atoms with Gasteiger partial charge in [-0.15, -0.1) is 0 Å². The number of anilines is 2. The van der Waals surface area contributed by atoms with Crippen LogP contribution >= 0.6 is 15.9 Å². The molecule has 0 aliphatic rings. The number of methoxy groups -OCH3 is 1. The van der Waals surface area contributed by atoms with E-state index in [2.05, 4.69) is 21.2 Å². The van der Waals surface area contributed by atoms with Crippen molar-refractivity contribution in [2.45, 2.75) is 0 Å². The Morgan fingerprint density at radius 2 is 2.05 bits per heavy atom. The zero-order valence-electron chi connectivity index (χ0n) is 10.6. The molecule has 20 heavy (non-hydrogen) atoms. The topological polar surface area (TPSA) is 64.3 Å². The number of rotatable bonds is 3. The largest absolute Gasteiger partial charge is 0.497 e. The Balaban J connectivity index is 2.27. The summed E-state index contributed by atoms with van der Waals surface area (Å²) in [6.07, 6.45) is 0. The molecular weight excluding hydrogens is 327 g/mol. The molecule has 0 heterocycles. The highest BCUT2D eigenvalue weighted by atomic mass is 79.9. The van der Waals surface area contributed by atoms with E-state index in [0.717, 1.165) is 6.07 Å². The van der Waals surface area contributed by atoms with Crippen LogP contribution in [0.3, 0.4) is 0 Å². The maximum absolute atomic E-state index is 13.3. The highest BCUT2D eigenvalue weighted by molar-refractivity contribution is 9.10. The quantitative estimate of drug-likeness (QED) is 0.842. The Morgan fingerprint density at radius 3 is 2.70 bits per heavy atom. The number of nitrogens with one attached hydrogen (secondary N) is 1. The van der Waals surface area contributed by atoms with Crippen LogP contribution in [0.2, 0.25) is 0 Å². The number of benzene rings is 2. The van der Waals surface area contributed by atoms with Crippen LogP contribution in [0.5, 0.6) is 5.75 Å². The average molecular weight is 339 g/mol. The fraction of sp³-hybridized carbons (Fsp3) is 0.0714. The molecule has 0 aliphatic carbocycles. The summed E-state index contributed by atoms with van der Waals surface area (Å²) in [5.41, 5.74) is 6.78. The second-order valence-electron chi connectivity index (χ2n) is 4.07. The molecule has 2 aromatic carbocycles. The van der Waals surface area contributed by atoms with Crippen molar-refractivity contribution in [2.24, 2.45) is 0 Å². The summed E-state index contributed by atoms with van der Waals surface area (Å²) in [5.74, 6) is -0.386. The molecule has 0 spiro atoms. The maximum atomic E-state index is 13.3. The molecule has 0 atom stereocenters. The first-order chi connectivity index (χ1) is 9.49. The molecule has 0 aliphatic heterocycles. The standard InChI is InChI=1S/C14H12BrFN2O2/c1-20-11-2-3-12(17)13(7-11)18-14(19)8-4-9(15)6-10(16)5-8/h2-7H,17H2,1H3,(H,18,19). The summed E-state index contributed by atoms with van der Waals surface area (Å²) < 4.78 is 18.8. The Labute approximate surface area is 123 Å². The minimum Gasteiger partial charge on any atom is -0.497 e. The van der Waals surface area contributed by atoms with Crippen LogP contribution in [0.25, 0.3) is 0 Å². The fourth-order valence-electron chi connectivity index (χ4n) is 1.65. The van der Waals surface area contributed by atoms with Crippen LogP contribution in [-0.4, -0.2) is 13.0 Å². The summed E-state index contributed by atoms with van der Waals surface area (Å²) in [4.78, 5) is 12.1. The highest BCUT2D eigenvalue weighted by Gasteiger charge is 2.11. The first-order valence-electron chi connectivity index (χ1n) is 5.70. The van der Waals surface area contributed by atoms with E-state index < -0.39 is 11.7 Å². The van der Waals surface area contributed by atoms with E-state index in [1.54, 1.807) is 18.2 Å². The van der Waals surface area contributed by atoms with E-state index in [1.165, 1.54) is 19.2 Å². The lowest BCUT2D eigenvalue weighted by atomic mass is 10.2. The van der Waals surface area contributed by atoms with Crippen molar-refractivity contribution in [1.82, 2.24) is 0 Å². The van der Waals surface area contributed by atoms with Crippen molar-refractivity contribution in [3.63, 3.8) is 0 Å². The molecule has 3 N–H and O–H groups in total. The van der Waals surface area contributed by atoms with Crippen molar-refractivity contribution < 1.29 is 13.9 Å². The molecule has 0 bridgehead atoms. The Morgan fingerprint density at radius 1 is 1.30 bits per heavy atom. The van der Waals surface area contributed by atoms with E-state index in [-0.39, 0.29) is 5.56 Å². The van der Waals surface area contributed by atoms with Gasteiger partial charge in [0, 0.05) is 16.1 Å². The van der Waals surface area contributed by atoms with Gasteiger partial charge < -0.3 is 15.8 Å². The molecule has 1 amide bonds. The summed E-state index contributed by atoms with van der Waals surface area (Å²) in [6.45, 7) is 0. The monoisotopic (exact) mass is 338 g/mol. The van der Waals surface area contributed by atoms with Gasteiger partial charge in [-0.05, 0) is 30.3 Å². The Hall–Kier alpha value is -2.08. The van der Waals surface area contributed by atoms with Gasteiger partial charge >= 0.3 is 0 Å². The van der Waals surface area contributed by atoms with Gasteiger partial charge in [0.15, 0.2) is 0 Å². The maximum Gasteiger partial charge on any atom is 0.255 e. The number of nitrogens with two attached hydrogens (primary N) is 1. The third-order valence-electron chi connectivity index (χ3n) is 2.63. The smallest absolute Gasteiger partial charge is 0.255 e. The normalized spacial score (nSPS) is 10.2. The minimum atomic E-state index is -0.497. The first-order valence-corrected chi connectivity index (χ1v) is 6.50. The SMILES string of the molecule is COc1ccc(N)c(NC(=O)c2cc(F)cc(Br)c2)c1. The zero-order chi connectivity index (χ0) is 14.7. The summed E-state index contributed by atoms with van der Waals surface area (Å²) >= 11 is 3.14. The van der Waals surface area contributed by atoms with E-state index in [0.29, 0.717) is 21.6 Å². The van der Waals surface area contributed by atoms with E-state index in [4.69, 9.17) is 10.5 Å². The molecule has 0 unspecified atom stereocenters. The van der Waals surface area contributed by atoms with Crippen LogP contribution in [0.4, 0.5) is 15.8 Å². The van der Waals surface area contributed by atoms with Gasteiger partial charge in [-0.2, -0.15) is 0 Å². The summed E-state index contributed by atoms with van der Waals surface area (Å²) in [5, 5.41) is 2.62. The molecular formula is C14H12BrFN2O2. The van der Waals surface area contributed by atoms with Crippen molar-refractivity contribution in [2.75, 3.05) is 18.2 Å².